The SMILES string of the molecule is CC(C)OC(=O)[C@H](C)N[P+](=O)OC[C@@H]1C[C@@](C)(F)[C@H](n2ccc(=O)[nH]c2=O)O1. The molecule has 0 radical (unpaired) electrons. The molecule has 1 unspecified atom stereocenters. The van der Waals surface area contributed by atoms with E-state index in [1.54, 1.807) is 13.8 Å². The number of hydrogen-bond donors (Lipinski definition) is 2. The molecule has 12 heteroatoms. The molecule has 0 bridgehead atoms. The number of halogens is 1. The third kappa shape index (κ3) is 5.78. The molecular formula is C16H24FN3O7P+. The van der Waals surface area contributed by atoms with Gasteiger partial charge in [-0.2, -0.15) is 0 Å². The number of rotatable bonds is 8. The summed E-state index contributed by atoms with van der Waals surface area (Å²) in [5.41, 5.74) is -3.31. The Labute approximate surface area is 161 Å². The molecule has 0 spiro atoms. The monoisotopic (exact) mass is 420 g/mol. The summed E-state index contributed by atoms with van der Waals surface area (Å²) in [6.45, 7) is 5.90. The van der Waals surface area contributed by atoms with Gasteiger partial charge in [0.1, 0.15) is 12.6 Å². The molecule has 2 N–H and O–H groups in total. The maximum Gasteiger partial charge on any atom is 0.613 e. The normalized spacial score (nSPS) is 26.3. The molecule has 0 aliphatic carbocycles. The van der Waals surface area contributed by atoms with Gasteiger partial charge in [0.25, 0.3) is 5.56 Å². The van der Waals surface area contributed by atoms with E-state index < -0.39 is 49.4 Å². The van der Waals surface area contributed by atoms with Crippen LogP contribution in [-0.2, 0) is 23.4 Å². The fourth-order valence-corrected chi connectivity index (χ4v) is 3.52. The highest BCUT2D eigenvalue weighted by Crippen LogP contribution is 2.40. The van der Waals surface area contributed by atoms with E-state index in [0.717, 1.165) is 16.8 Å². The van der Waals surface area contributed by atoms with Crippen LogP contribution in [0.1, 0.15) is 40.3 Å². The molecule has 2 heterocycles. The molecule has 0 saturated carbocycles. The molecule has 28 heavy (non-hydrogen) atoms. The third-order valence-electron chi connectivity index (χ3n) is 3.95. The van der Waals surface area contributed by atoms with Gasteiger partial charge >= 0.3 is 19.8 Å². The molecule has 2 rings (SSSR count). The molecule has 1 aliphatic heterocycles. The lowest BCUT2D eigenvalue weighted by molar-refractivity contribution is -0.149. The largest absolute Gasteiger partial charge is 0.613 e. The topological polar surface area (TPSA) is 129 Å². The summed E-state index contributed by atoms with van der Waals surface area (Å²) in [6, 6.07) is 0.234. The van der Waals surface area contributed by atoms with Gasteiger partial charge < -0.3 is 9.47 Å². The van der Waals surface area contributed by atoms with E-state index in [2.05, 4.69) is 5.09 Å². The molecule has 5 atom stereocenters. The van der Waals surface area contributed by atoms with Gasteiger partial charge in [0.15, 0.2) is 11.9 Å². The lowest BCUT2D eigenvalue weighted by atomic mass is 10.0. The number of nitrogens with one attached hydrogen (secondary N) is 2. The first kappa shape index (κ1) is 22.4. The Hall–Kier alpha value is -1.94. The highest BCUT2D eigenvalue weighted by atomic mass is 31.1. The van der Waals surface area contributed by atoms with Crippen molar-refractivity contribution in [2.75, 3.05) is 6.61 Å². The van der Waals surface area contributed by atoms with Gasteiger partial charge in [-0.15, -0.1) is 4.52 Å². The van der Waals surface area contributed by atoms with Crippen molar-refractivity contribution in [2.24, 2.45) is 0 Å². The fraction of sp³-hybridized carbons (Fsp3) is 0.688. The van der Waals surface area contributed by atoms with Crippen molar-refractivity contribution in [3.63, 3.8) is 0 Å². The predicted molar refractivity (Wildman–Crippen MR) is 96.7 cm³/mol. The minimum Gasteiger partial charge on any atom is -0.462 e. The van der Waals surface area contributed by atoms with Gasteiger partial charge in [-0.25, -0.2) is 9.18 Å². The zero-order chi connectivity index (χ0) is 21.1. The molecule has 1 aliphatic rings. The summed E-state index contributed by atoms with van der Waals surface area (Å²) >= 11 is 0. The van der Waals surface area contributed by atoms with Crippen molar-refractivity contribution in [1.82, 2.24) is 14.6 Å². The van der Waals surface area contributed by atoms with Crippen LogP contribution < -0.4 is 16.3 Å². The quantitative estimate of drug-likeness (QED) is 0.474. The first-order valence-corrected chi connectivity index (χ1v) is 9.90. The predicted octanol–water partition coefficient (Wildman–Crippen LogP) is 1.16. The van der Waals surface area contributed by atoms with E-state index in [-0.39, 0.29) is 19.1 Å². The van der Waals surface area contributed by atoms with Crippen LogP contribution in [0.15, 0.2) is 21.9 Å². The number of H-pyrrole nitrogens is 1. The molecular weight excluding hydrogens is 396 g/mol. The third-order valence-corrected chi connectivity index (χ3v) is 4.93. The average molecular weight is 420 g/mol. The van der Waals surface area contributed by atoms with Crippen LogP contribution in [0.4, 0.5) is 4.39 Å². The zero-order valence-corrected chi connectivity index (χ0v) is 16.9. The van der Waals surface area contributed by atoms with Crippen LogP contribution in [0.25, 0.3) is 0 Å². The van der Waals surface area contributed by atoms with Crippen molar-refractivity contribution in [3.8, 4) is 0 Å². The minimum absolute atomic E-state index is 0.114. The second-order valence-electron chi connectivity index (χ2n) is 7.00. The molecule has 1 saturated heterocycles. The smallest absolute Gasteiger partial charge is 0.462 e. The van der Waals surface area contributed by atoms with E-state index in [0.29, 0.717) is 0 Å². The number of nitrogens with zero attached hydrogens (tertiary/aromatic N) is 1. The standard InChI is InChI=1S/C16H23FN3O7P/c1-9(2)26-13(22)10(3)19-28(24)25-8-11-7-16(4,17)14(27-11)20-6-5-12(21)18-15(20)23/h5-6,9-11,14H,7-8H2,1-4H3,(H-,18,19,21,23,24)/p+1/t10-,11-,14+,16+/m0/s1. The molecule has 1 aromatic heterocycles. The van der Waals surface area contributed by atoms with Crippen LogP contribution in [0.5, 0.6) is 0 Å². The average Bonchev–Trinajstić information content (AvgIpc) is 2.87. The first-order valence-electron chi connectivity index (χ1n) is 8.72. The molecule has 10 nitrogen and oxygen atoms in total. The molecule has 1 aromatic rings. The van der Waals surface area contributed by atoms with E-state index >= 15 is 0 Å². The van der Waals surface area contributed by atoms with Gasteiger partial charge in [0.2, 0.25) is 0 Å². The van der Waals surface area contributed by atoms with E-state index in [9.17, 15) is 23.3 Å². The fourth-order valence-electron chi connectivity index (χ4n) is 2.72. The van der Waals surface area contributed by atoms with Crippen molar-refractivity contribution >= 4 is 14.1 Å². The summed E-state index contributed by atoms with van der Waals surface area (Å²) in [6.07, 6.45) is -1.32. The number of ether oxygens (including phenoxy) is 2. The summed E-state index contributed by atoms with van der Waals surface area (Å²) in [7, 11) is -2.42. The molecule has 1 fully saturated rings. The molecule has 156 valence electrons. The minimum atomic E-state index is -2.42. The number of esters is 1. The highest BCUT2D eigenvalue weighted by Gasteiger charge is 2.48. The first-order chi connectivity index (χ1) is 13.0. The van der Waals surface area contributed by atoms with Gasteiger partial charge in [-0.3, -0.25) is 19.1 Å². The maximum absolute atomic E-state index is 14.9. The van der Waals surface area contributed by atoms with Crippen molar-refractivity contribution in [2.45, 2.75) is 64.3 Å². The Bertz CT molecular complexity index is 838. The Kier molecular flexibility index (Phi) is 7.22. The van der Waals surface area contributed by atoms with Gasteiger partial charge in [0.05, 0.1) is 12.2 Å². The number of carbonyl (C=O) groups excluding carboxylic acids is 1. The number of aromatic nitrogens is 2. The summed E-state index contributed by atoms with van der Waals surface area (Å²) in [5, 5.41) is 2.46. The van der Waals surface area contributed by atoms with Crippen LogP contribution in [0, 0.1) is 0 Å². The summed E-state index contributed by atoms with van der Waals surface area (Å²) < 4.78 is 43.4. The second kappa shape index (κ2) is 9.04. The van der Waals surface area contributed by atoms with Crippen LogP contribution in [-0.4, -0.2) is 46.0 Å². The van der Waals surface area contributed by atoms with Crippen molar-refractivity contribution in [1.29, 1.82) is 0 Å². The number of hydrogen-bond acceptors (Lipinski definition) is 7. The number of alkyl halides is 1. The van der Waals surface area contributed by atoms with Gasteiger partial charge in [-0.1, -0.05) is 5.09 Å². The van der Waals surface area contributed by atoms with E-state index in [4.69, 9.17) is 14.0 Å². The van der Waals surface area contributed by atoms with Crippen molar-refractivity contribution in [3.05, 3.63) is 33.1 Å². The van der Waals surface area contributed by atoms with Gasteiger partial charge in [-0.05, 0) is 32.3 Å². The van der Waals surface area contributed by atoms with Crippen LogP contribution in [0.2, 0.25) is 0 Å². The van der Waals surface area contributed by atoms with E-state index in [1.807, 2.05) is 4.98 Å². The van der Waals surface area contributed by atoms with Crippen molar-refractivity contribution < 1.29 is 27.7 Å². The Morgan fingerprint density at radius 1 is 1.50 bits per heavy atom. The Morgan fingerprint density at radius 3 is 2.79 bits per heavy atom. The lowest BCUT2D eigenvalue weighted by Crippen LogP contribution is -2.38. The van der Waals surface area contributed by atoms with Crippen LogP contribution in [0.3, 0.4) is 0 Å². The summed E-state index contributed by atoms with van der Waals surface area (Å²) in [4.78, 5) is 36.8. The van der Waals surface area contributed by atoms with Gasteiger partial charge in [0, 0.05) is 18.7 Å². The highest BCUT2D eigenvalue weighted by molar-refractivity contribution is 7.36. The Morgan fingerprint density at radius 2 is 2.18 bits per heavy atom. The number of aromatic amines is 1. The second-order valence-corrected chi connectivity index (χ2v) is 8.03. The summed E-state index contributed by atoms with van der Waals surface area (Å²) in [5.74, 6) is -0.576. The van der Waals surface area contributed by atoms with Crippen LogP contribution >= 0.6 is 8.18 Å². The maximum atomic E-state index is 14.9. The molecule has 0 amide bonds. The zero-order valence-electron chi connectivity index (χ0n) is 16.0. The van der Waals surface area contributed by atoms with E-state index in [1.165, 1.54) is 13.8 Å². The Balaban J connectivity index is 1.92. The lowest BCUT2D eigenvalue weighted by Gasteiger charge is -2.22. The molecule has 0 aromatic carbocycles. The number of carbonyl (C=O) groups is 1.